The fraction of sp³-hybridized carbons (Fsp3) is 0.375. The molecular formula is C16H17FN4O. The van der Waals surface area contributed by atoms with E-state index in [0.717, 1.165) is 30.6 Å². The molecule has 2 aliphatic rings. The lowest BCUT2D eigenvalue weighted by Crippen LogP contribution is -2.25. The molecule has 1 aromatic heterocycles. The van der Waals surface area contributed by atoms with E-state index in [1.807, 2.05) is 6.07 Å². The van der Waals surface area contributed by atoms with E-state index >= 15 is 0 Å². The van der Waals surface area contributed by atoms with E-state index in [1.54, 1.807) is 12.1 Å². The SMILES string of the molecule is O=C(Nc1ccc2c(c1F)CCNC2)c1cc(C2CC2)[nH]n1. The number of rotatable bonds is 3. The monoisotopic (exact) mass is 300 g/mol. The number of H-pyrrole nitrogens is 1. The van der Waals surface area contributed by atoms with Gasteiger partial charge < -0.3 is 10.6 Å². The predicted molar refractivity (Wildman–Crippen MR) is 80.3 cm³/mol. The van der Waals surface area contributed by atoms with Gasteiger partial charge in [-0.3, -0.25) is 9.89 Å². The smallest absolute Gasteiger partial charge is 0.276 e. The molecule has 6 heteroatoms. The van der Waals surface area contributed by atoms with Crippen LogP contribution in [0.25, 0.3) is 0 Å². The number of fused-ring (bicyclic) bond motifs is 1. The largest absolute Gasteiger partial charge is 0.318 e. The van der Waals surface area contributed by atoms with Gasteiger partial charge in [0.15, 0.2) is 5.69 Å². The van der Waals surface area contributed by atoms with Gasteiger partial charge in [0.05, 0.1) is 5.69 Å². The van der Waals surface area contributed by atoms with Crippen molar-refractivity contribution in [1.82, 2.24) is 15.5 Å². The molecule has 1 saturated carbocycles. The molecule has 5 nitrogen and oxygen atoms in total. The summed E-state index contributed by atoms with van der Waals surface area (Å²) in [4.78, 5) is 12.2. The van der Waals surface area contributed by atoms with Crippen LogP contribution in [0.1, 0.15) is 46.1 Å². The van der Waals surface area contributed by atoms with E-state index in [1.165, 1.54) is 0 Å². The molecule has 0 saturated heterocycles. The molecule has 1 fully saturated rings. The number of amides is 1. The first-order valence-electron chi connectivity index (χ1n) is 7.60. The zero-order valence-electron chi connectivity index (χ0n) is 12.1. The molecule has 0 unspecified atom stereocenters. The Kier molecular flexibility index (Phi) is 3.18. The normalized spacial score (nSPS) is 17.1. The van der Waals surface area contributed by atoms with E-state index in [4.69, 9.17) is 0 Å². The molecule has 0 spiro atoms. The van der Waals surface area contributed by atoms with Crippen LogP contribution in [0.15, 0.2) is 18.2 Å². The molecule has 22 heavy (non-hydrogen) atoms. The number of hydrogen-bond acceptors (Lipinski definition) is 3. The first-order chi connectivity index (χ1) is 10.7. The number of carbonyl (C=O) groups is 1. The minimum atomic E-state index is -0.379. The van der Waals surface area contributed by atoms with Crippen molar-refractivity contribution in [2.24, 2.45) is 0 Å². The molecule has 0 radical (unpaired) electrons. The Morgan fingerprint density at radius 1 is 1.36 bits per heavy atom. The van der Waals surface area contributed by atoms with Gasteiger partial charge in [-0.05, 0) is 49.1 Å². The van der Waals surface area contributed by atoms with Crippen LogP contribution in [0.5, 0.6) is 0 Å². The Balaban J connectivity index is 1.55. The molecule has 2 heterocycles. The first kappa shape index (κ1) is 13.5. The first-order valence-corrected chi connectivity index (χ1v) is 7.60. The topological polar surface area (TPSA) is 69.8 Å². The van der Waals surface area contributed by atoms with Crippen LogP contribution < -0.4 is 10.6 Å². The summed E-state index contributed by atoms with van der Waals surface area (Å²) >= 11 is 0. The third-order valence-electron chi connectivity index (χ3n) is 4.30. The second kappa shape index (κ2) is 5.21. The number of carbonyl (C=O) groups excluding carboxylic acids is 1. The minimum absolute atomic E-state index is 0.224. The maximum Gasteiger partial charge on any atom is 0.276 e. The quantitative estimate of drug-likeness (QED) is 0.815. The van der Waals surface area contributed by atoms with Crippen LogP contribution in [0.2, 0.25) is 0 Å². The average molecular weight is 300 g/mol. The number of hydrogen-bond donors (Lipinski definition) is 3. The van der Waals surface area contributed by atoms with Gasteiger partial charge in [-0.2, -0.15) is 5.10 Å². The van der Waals surface area contributed by atoms with Crippen LogP contribution in [0.3, 0.4) is 0 Å². The van der Waals surface area contributed by atoms with Crippen molar-refractivity contribution >= 4 is 11.6 Å². The van der Waals surface area contributed by atoms with Crippen molar-refractivity contribution in [2.75, 3.05) is 11.9 Å². The summed E-state index contributed by atoms with van der Waals surface area (Å²) in [7, 11) is 0. The molecule has 1 aliphatic carbocycles. The Morgan fingerprint density at radius 3 is 3.05 bits per heavy atom. The lowest BCUT2D eigenvalue weighted by molar-refractivity contribution is 0.102. The molecule has 1 amide bonds. The Labute approximate surface area is 127 Å². The number of halogens is 1. The highest BCUT2D eigenvalue weighted by Gasteiger charge is 2.26. The second-order valence-electron chi connectivity index (χ2n) is 5.93. The maximum absolute atomic E-state index is 14.5. The molecular weight excluding hydrogens is 283 g/mol. The van der Waals surface area contributed by atoms with E-state index in [0.29, 0.717) is 30.1 Å². The fourth-order valence-corrected chi connectivity index (χ4v) is 2.87. The number of nitrogens with zero attached hydrogens (tertiary/aromatic N) is 1. The summed E-state index contributed by atoms with van der Waals surface area (Å²) in [5.74, 6) is -0.205. The summed E-state index contributed by atoms with van der Waals surface area (Å²) < 4.78 is 14.5. The van der Waals surface area contributed by atoms with Gasteiger partial charge >= 0.3 is 0 Å². The molecule has 1 aromatic carbocycles. The van der Waals surface area contributed by atoms with Gasteiger partial charge in [0.25, 0.3) is 5.91 Å². The van der Waals surface area contributed by atoms with Gasteiger partial charge in [0, 0.05) is 18.2 Å². The minimum Gasteiger partial charge on any atom is -0.318 e. The average Bonchev–Trinajstić information content (AvgIpc) is 3.27. The van der Waals surface area contributed by atoms with Gasteiger partial charge in [0.1, 0.15) is 5.82 Å². The highest BCUT2D eigenvalue weighted by molar-refractivity contribution is 6.03. The Hall–Kier alpha value is -2.21. The summed E-state index contributed by atoms with van der Waals surface area (Å²) in [5.41, 5.74) is 3.17. The molecule has 0 bridgehead atoms. The van der Waals surface area contributed by atoms with Crippen molar-refractivity contribution < 1.29 is 9.18 Å². The maximum atomic E-state index is 14.5. The van der Waals surface area contributed by atoms with Crippen LogP contribution >= 0.6 is 0 Å². The van der Waals surface area contributed by atoms with Crippen LogP contribution in [-0.4, -0.2) is 22.6 Å². The number of anilines is 1. The zero-order chi connectivity index (χ0) is 15.1. The lowest BCUT2D eigenvalue weighted by atomic mass is 9.99. The zero-order valence-corrected chi connectivity index (χ0v) is 12.1. The molecule has 4 rings (SSSR count). The molecule has 2 aromatic rings. The summed E-state index contributed by atoms with van der Waals surface area (Å²) in [6.07, 6.45) is 2.91. The molecule has 1 aliphatic heterocycles. The predicted octanol–water partition coefficient (Wildman–Crippen LogP) is 2.32. The lowest BCUT2D eigenvalue weighted by Gasteiger charge is -2.19. The molecule has 114 valence electrons. The van der Waals surface area contributed by atoms with Crippen molar-refractivity contribution in [1.29, 1.82) is 0 Å². The van der Waals surface area contributed by atoms with E-state index < -0.39 is 0 Å². The summed E-state index contributed by atoms with van der Waals surface area (Å²) in [6, 6.07) is 5.24. The Bertz CT molecular complexity index is 736. The fourth-order valence-electron chi connectivity index (χ4n) is 2.87. The number of nitrogens with one attached hydrogen (secondary N) is 3. The molecule has 3 N–H and O–H groups in total. The van der Waals surface area contributed by atoms with Crippen molar-refractivity contribution in [3.63, 3.8) is 0 Å². The van der Waals surface area contributed by atoms with Crippen LogP contribution in [0, 0.1) is 5.82 Å². The third kappa shape index (κ3) is 2.39. The Morgan fingerprint density at radius 2 is 2.23 bits per heavy atom. The van der Waals surface area contributed by atoms with Crippen molar-refractivity contribution in [3.8, 4) is 0 Å². The van der Waals surface area contributed by atoms with E-state index in [9.17, 15) is 9.18 Å². The van der Waals surface area contributed by atoms with Gasteiger partial charge in [-0.1, -0.05) is 6.07 Å². The van der Waals surface area contributed by atoms with Crippen molar-refractivity contribution in [2.45, 2.75) is 31.7 Å². The van der Waals surface area contributed by atoms with Crippen molar-refractivity contribution in [3.05, 3.63) is 46.5 Å². The van der Waals surface area contributed by atoms with Crippen LogP contribution in [-0.2, 0) is 13.0 Å². The van der Waals surface area contributed by atoms with Gasteiger partial charge in [0.2, 0.25) is 0 Å². The van der Waals surface area contributed by atoms with Gasteiger partial charge in [-0.15, -0.1) is 0 Å². The highest BCUT2D eigenvalue weighted by Crippen LogP contribution is 2.39. The van der Waals surface area contributed by atoms with Crippen LogP contribution in [0.4, 0.5) is 10.1 Å². The number of benzene rings is 1. The standard InChI is InChI=1S/C16H17FN4O/c17-15-11-5-6-18-8-10(11)3-4-12(15)19-16(22)14-7-13(20-21-14)9-1-2-9/h3-4,7,9,18H,1-2,5-6,8H2,(H,19,22)(H,20,21). The third-order valence-corrected chi connectivity index (χ3v) is 4.30. The number of aromatic amines is 1. The highest BCUT2D eigenvalue weighted by atomic mass is 19.1. The van der Waals surface area contributed by atoms with Gasteiger partial charge in [-0.25, -0.2) is 4.39 Å². The van der Waals surface area contributed by atoms with E-state index in [-0.39, 0.29) is 17.4 Å². The summed E-state index contributed by atoms with van der Waals surface area (Å²) in [6.45, 7) is 1.43. The van der Waals surface area contributed by atoms with E-state index in [2.05, 4.69) is 20.8 Å². The second-order valence-corrected chi connectivity index (χ2v) is 5.93. The molecule has 0 atom stereocenters. The summed E-state index contributed by atoms with van der Waals surface area (Å²) in [5, 5.41) is 12.7. The number of aromatic nitrogens is 2.